The minimum absolute atomic E-state index is 0.00791. The van der Waals surface area contributed by atoms with Gasteiger partial charge in [-0.1, -0.05) is 115 Å². The number of para-hydroxylation sites is 7. The fourth-order valence-electron chi connectivity index (χ4n) is 11.1. The van der Waals surface area contributed by atoms with Gasteiger partial charge in [0.15, 0.2) is 11.5 Å². The van der Waals surface area contributed by atoms with E-state index in [-0.39, 0.29) is 13.4 Å². The Hall–Kier alpha value is -7.89. The summed E-state index contributed by atoms with van der Waals surface area (Å²) in [6, 6.07) is 75.4. The highest BCUT2D eigenvalue weighted by Gasteiger charge is 2.49. The summed E-state index contributed by atoms with van der Waals surface area (Å²) in [7, 11) is 0. The minimum atomic E-state index is -0.0482. The summed E-state index contributed by atoms with van der Waals surface area (Å²) in [5, 5.41) is 0. The highest BCUT2D eigenvalue weighted by molar-refractivity contribution is 7.03. The number of rotatable bonds is 3. The van der Waals surface area contributed by atoms with Crippen LogP contribution in [0.5, 0.6) is 11.5 Å². The van der Waals surface area contributed by atoms with E-state index in [4.69, 9.17) is 4.74 Å². The smallest absolute Gasteiger partial charge is 0.252 e. The van der Waals surface area contributed by atoms with Gasteiger partial charge in [0.05, 0.1) is 11.4 Å². The Labute approximate surface area is 355 Å². The lowest BCUT2D eigenvalue weighted by molar-refractivity contribution is 0.477. The number of hydrogen-bond donors (Lipinski definition) is 0. The zero-order valence-electron chi connectivity index (χ0n) is 33.0. The lowest BCUT2D eigenvalue weighted by atomic mass is 9.30. The maximum absolute atomic E-state index is 6.86. The predicted molar refractivity (Wildman–Crippen MR) is 255 cm³/mol. The third-order valence-corrected chi connectivity index (χ3v) is 13.4. The van der Waals surface area contributed by atoms with E-state index in [2.05, 4.69) is 226 Å². The van der Waals surface area contributed by atoms with Crippen LogP contribution in [-0.4, -0.2) is 13.4 Å². The topological polar surface area (TPSA) is 22.2 Å². The zero-order chi connectivity index (χ0) is 39.8. The predicted octanol–water partition coefficient (Wildman–Crippen LogP) is 9.96. The van der Waals surface area contributed by atoms with Crippen LogP contribution in [0.15, 0.2) is 206 Å². The van der Waals surface area contributed by atoms with E-state index in [9.17, 15) is 0 Å². The second-order valence-electron chi connectivity index (χ2n) is 16.4. The van der Waals surface area contributed by atoms with E-state index < -0.39 is 0 Å². The van der Waals surface area contributed by atoms with E-state index in [1.807, 2.05) is 0 Å². The summed E-state index contributed by atoms with van der Waals surface area (Å²) in [4.78, 5) is 9.91. The molecule has 0 N–H and O–H groups in total. The second kappa shape index (κ2) is 12.3. The molecule has 0 radical (unpaired) electrons. The Morgan fingerprint density at radius 3 is 1.31 bits per heavy atom. The molecule has 5 nitrogen and oxygen atoms in total. The van der Waals surface area contributed by atoms with Gasteiger partial charge in [-0.15, -0.1) is 0 Å². The first kappa shape index (κ1) is 33.0. The molecule has 5 heterocycles. The molecule has 5 aliphatic rings. The average Bonchev–Trinajstić information content (AvgIpc) is 3.33. The Morgan fingerprint density at radius 1 is 0.279 bits per heavy atom. The van der Waals surface area contributed by atoms with E-state index in [1.165, 1.54) is 72.6 Å². The fraction of sp³-hybridized carbons (Fsp3) is 0. The van der Waals surface area contributed by atoms with Crippen molar-refractivity contribution in [1.82, 2.24) is 0 Å². The molecule has 0 spiro atoms. The first-order chi connectivity index (χ1) is 30.3. The summed E-state index contributed by atoms with van der Waals surface area (Å²) in [5.74, 6) is 1.72. The molecule has 61 heavy (non-hydrogen) atoms. The maximum Gasteiger partial charge on any atom is 0.252 e. The van der Waals surface area contributed by atoms with Gasteiger partial charge in [-0.25, -0.2) is 0 Å². The molecule has 9 aromatic rings. The van der Waals surface area contributed by atoms with Crippen molar-refractivity contribution in [3.8, 4) is 11.5 Å². The summed E-state index contributed by atoms with van der Waals surface area (Å²) in [5.41, 5.74) is 21.6. The van der Waals surface area contributed by atoms with Crippen LogP contribution in [0.2, 0.25) is 0 Å². The van der Waals surface area contributed by atoms with Crippen molar-refractivity contribution in [2.45, 2.75) is 0 Å². The van der Waals surface area contributed by atoms with Crippen molar-refractivity contribution in [2.75, 3.05) is 19.6 Å². The van der Waals surface area contributed by atoms with Gasteiger partial charge in [-0.2, -0.15) is 0 Å². The molecule has 0 saturated carbocycles. The first-order valence-corrected chi connectivity index (χ1v) is 21.1. The van der Waals surface area contributed by atoms with E-state index in [1.54, 1.807) is 0 Å². The van der Waals surface area contributed by atoms with Gasteiger partial charge >= 0.3 is 0 Å². The molecule has 0 saturated heterocycles. The monoisotopic (exact) mass is 776 g/mol. The van der Waals surface area contributed by atoms with Crippen LogP contribution < -0.4 is 57.1 Å². The van der Waals surface area contributed by atoms with Crippen LogP contribution in [0.1, 0.15) is 0 Å². The molecule has 0 unspecified atom stereocenters. The van der Waals surface area contributed by atoms with Crippen LogP contribution in [0, 0.1) is 0 Å². The quantitative estimate of drug-likeness (QED) is 0.166. The molecule has 282 valence electrons. The number of hydrogen-bond acceptors (Lipinski definition) is 5. The normalized spacial score (nSPS) is 14.2. The van der Waals surface area contributed by atoms with E-state index in [0.29, 0.717) is 0 Å². The van der Waals surface area contributed by atoms with Gasteiger partial charge in [-0.05, 0) is 124 Å². The Balaban J connectivity index is 1.10. The van der Waals surface area contributed by atoms with Crippen molar-refractivity contribution in [3.63, 3.8) is 0 Å². The molecule has 0 aromatic heterocycles. The Bertz CT molecular complexity index is 3290. The van der Waals surface area contributed by atoms with Gasteiger partial charge in [-0.3, -0.25) is 0 Å². The highest BCUT2D eigenvalue weighted by atomic mass is 16.5. The van der Waals surface area contributed by atoms with Crippen molar-refractivity contribution in [1.29, 1.82) is 0 Å². The molecule has 5 aliphatic heterocycles. The van der Waals surface area contributed by atoms with Gasteiger partial charge < -0.3 is 24.3 Å². The molecular weight excluding hydrogens is 742 g/mol. The third kappa shape index (κ3) is 4.42. The lowest BCUT2D eigenvalue weighted by Gasteiger charge is -2.48. The van der Waals surface area contributed by atoms with Crippen molar-refractivity contribution >= 4 is 114 Å². The molecule has 0 bridgehead atoms. The molecule has 0 aliphatic carbocycles. The van der Waals surface area contributed by atoms with Crippen LogP contribution in [0.3, 0.4) is 0 Å². The number of fused-ring (bicyclic) bond motifs is 11. The molecule has 9 aromatic carbocycles. The van der Waals surface area contributed by atoms with Gasteiger partial charge in [0.25, 0.3) is 13.4 Å². The van der Waals surface area contributed by atoms with Gasteiger partial charge in [0, 0.05) is 56.9 Å². The van der Waals surface area contributed by atoms with Crippen molar-refractivity contribution < 1.29 is 4.74 Å². The summed E-state index contributed by atoms with van der Waals surface area (Å²) >= 11 is 0. The van der Waals surface area contributed by atoms with E-state index >= 15 is 0 Å². The van der Waals surface area contributed by atoms with E-state index in [0.717, 1.165) is 39.9 Å². The number of ether oxygens (including phenoxy) is 1. The third-order valence-electron chi connectivity index (χ3n) is 13.4. The maximum atomic E-state index is 6.86. The van der Waals surface area contributed by atoms with Crippen molar-refractivity contribution in [3.05, 3.63) is 206 Å². The lowest BCUT2D eigenvalue weighted by Crippen LogP contribution is -2.65. The molecule has 0 fully saturated rings. The van der Waals surface area contributed by atoms with Crippen LogP contribution in [0.4, 0.5) is 68.2 Å². The molecule has 0 amide bonds. The SMILES string of the molecule is c1ccc(N2c3ccccc3B3c4cc5c(cc4N(c4ccccc4)c4cccc2c43)N2c3ccccc3Oc3ccc4c(c32)B5c2ccccc2N4c2ccccc2)cc1. The van der Waals surface area contributed by atoms with Crippen LogP contribution in [0.25, 0.3) is 0 Å². The Morgan fingerprint density at radius 2 is 0.721 bits per heavy atom. The highest BCUT2D eigenvalue weighted by Crippen LogP contribution is 2.55. The molecular formula is C54H34B2N4O. The average molecular weight is 777 g/mol. The number of nitrogens with zero attached hydrogens (tertiary/aromatic N) is 4. The summed E-state index contributed by atoms with van der Waals surface area (Å²) < 4.78 is 6.86. The molecule has 7 heteroatoms. The minimum Gasteiger partial charge on any atom is -0.453 e. The standard InChI is InChI=1S/C54H34B2N4O/c1-4-17-35(18-5-1)57-42-25-12-10-23-38(42)55-40-33-41-49(34-48(40)59(37-21-8-3-9-22-37)46-29-16-28-45(57)52(46)55)60-44-27-14-15-30-50(44)61-51-32-31-47-53(54(51)60)56(41)39-24-11-13-26-43(39)58(47)36-19-6-2-7-20-36/h1-34H. The summed E-state index contributed by atoms with van der Waals surface area (Å²) in [6.07, 6.45) is 0. The van der Waals surface area contributed by atoms with Crippen LogP contribution in [-0.2, 0) is 0 Å². The van der Waals surface area contributed by atoms with Crippen molar-refractivity contribution in [2.24, 2.45) is 0 Å². The first-order valence-electron chi connectivity index (χ1n) is 21.1. The zero-order valence-corrected chi connectivity index (χ0v) is 33.0. The second-order valence-corrected chi connectivity index (χ2v) is 16.4. The summed E-state index contributed by atoms with van der Waals surface area (Å²) in [6.45, 7) is -0.0561. The van der Waals surface area contributed by atoms with Crippen LogP contribution >= 0.6 is 0 Å². The molecule has 0 atom stereocenters. The molecule has 14 rings (SSSR count). The Kier molecular flexibility index (Phi) is 6.66. The van der Waals surface area contributed by atoms with Gasteiger partial charge in [0.1, 0.15) is 0 Å². The number of benzene rings is 9. The number of anilines is 12. The van der Waals surface area contributed by atoms with Gasteiger partial charge in [0.2, 0.25) is 0 Å². The largest absolute Gasteiger partial charge is 0.453 e. The fourth-order valence-corrected chi connectivity index (χ4v) is 11.1.